The highest BCUT2D eigenvalue weighted by Gasteiger charge is 2.37. The molecule has 0 spiro atoms. The molecule has 0 fully saturated rings. The Morgan fingerprint density at radius 3 is 1.76 bits per heavy atom. The van der Waals surface area contributed by atoms with Crippen molar-refractivity contribution in [2.75, 3.05) is 4.90 Å². The standard InChI is InChI=1S/C61H43NS/c1-61(2)54-24-13-23-51(43-18-7-4-8-19-43)59(54)52-36-34-48(39-55(52)61)62(47-32-29-41(30-33-47)45-28-27-40-15-9-10-20-44(40)37-45)56-25-14-26-57-60(56)53-35-31-46(38-58(53)63-57)50-22-12-11-21-49(50)42-16-5-3-6-17-42/h3-39H,1-2H3. The summed E-state index contributed by atoms with van der Waals surface area (Å²) in [5.74, 6) is 0. The molecule has 0 atom stereocenters. The van der Waals surface area contributed by atoms with Crippen molar-refractivity contribution < 1.29 is 0 Å². The molecule has 0 saturated carbocycles. The maximum atomic E-state index is 2.49. The van der Waals surface area contributed by atoms with Crippen LogP contribution in [0, 0.1) is 0 Å². The van der Waals surface area contributed by atoms with Gasteiger partial charge in [0, 0.05) is 37.0 Å². The summed E-state index contributed by atoms with van der Waals surface area (Å²) in [7, 11) is 0. The summed E-state index contributed by atoms with van der Waals surface area (Å²) in [6.07, 6.45) is 0. The Morgan fingerprint density at radius 2 is 0.984 bits per heavy atom. The van der Waals surface area contributed by atoms with Crippen LogP contribution in [0.25, 0.3) is 86.6 Å². The fourth-order valence-electron chi connectivity index (χ4n) is 10.1. The Kier molecular flexibility index (Phi) is 8.77. The molecule has 1 aliphatic rings. The number of nitrogens with zero attached hydrogens (tertiary/aromatic N) is 1. The summed E-state index contributed by atoms with van der Waals surface area (Å²) in [5, 5.41) is 5.05. The van der Waals surface area contributed by atoms with Crippen molar-refractivity contribution in [3.05, 3.63) is 236 Å². The molecule has 12 rings (SSSR count). The van der Waals surface area contributed by atoms with Crippen LogP contribution in [-0.2, 0) is 5.41 Å². The van der Waals surface area contributed by atoms with Gasteiger partial charge in [-0.05, 0) is 126 Å². The number of hydrogen-bond acceptors (Lipinski definition) is 2. The molecule has 0 radical (unpaired) electrons. The first-order valence-corrected chi connectivity index (χ1v) is 22.6. The minimum absolute atomic E-state index is 0.190. The highest BCUT2D eigenvalue weighted by molar-refractivity contribution is 7.26. The minimum atomic E-state index is -0.190. The van der Waals surface area contributed by atoms with Crippen molar-refractivity contribution in [3.8, 4) is 55.6 Å². The topological polar surface area (TPSA) is 3.24 Å². The van der Waals surface area contributed by atoms with Crippen LogP contribution in [0.15, 0.2) is 224 Å². The molecule has 1 heterocycles. The molecule has 1 aromatic heterocycles. The van der Waals surface area contributed by atoms with E-state index in [-0.39, 0.29) is 5.41 Å². The highest BCUT2D eigenvalue weighted by Crippen LogP contribution is 2.54. The van der Waals surface area contributed by atoms with Crippen molar-refractivity contribution in [2.45, 2.75) is 19.3 Å². The quantitative estimate of drug-likeness (QED) is 0.155. The first-order chi connectivity index (χ1) is 31.0. The van der Waals surface area contributed by atoms with E-state index in [4.69, 9.17) is 0 Å². The summed E-state index contributed by atoms with van der Waals surface area (Å²) in [4.78, 5) is 2.49. The maximum Gasteiger partial charge on any atom is 0.0554 e. The molecule has 298 valence electrons. The molecule has 1 nitrogen and oxygen atoms in total. The SMILES string of the molecule is CC1(C)c2cc(N(c3ccc(-c4ccc5ccccc5c4)cc3)c3cccc4sc5cc(-c6ccccc6-c6ccccc6)ccc5c34)ccc2-c2c(-c3ccccc3)cccc21. The molecule has 0 unspecified atom stereocenters. The van der Waals surface area contributed by atoms with Crippen LogP contribution in [0.1, 0.15) is 25.0 Å². The number of hydrogen-bond donors (Lipinski definition) is 0. The summed E-state index contributed by atoms with van der Waals surface area (Å²) in [5.41, 5.74) is 18.5. The van der Waals surface area contributed by atoms with Crippen LogP contribution in [0.5, 0.6) is 0 Å². The van der Waals surface area contributed by atoms with E-state index in [1.165, 1.54) is 103 Å². The molecule has 1 aliphatic carbocycles. The van der Waals surface area contributed by atoms with Crippen LogP contribution in [0.4, 0.5) is 17.1 Å². The van der Waals surface area contributed by atoms with Gasteiger partial charge in [-0.15, -0.1) is 11.3 Å². The number of rotatable bonds is 7. The van der Waals surface area contributed by atoms with Gasteiger partial charge < -0.3 is 4.90 Å². The lowest BCUT2D eigenvalue weighted by molar-refractivity contribution is 0.660. The van der Waals surface area contributed by atoms with Crippen molar-refractivity contribution >= 4 is 59.3 Å². The molecule has 0 saturated heterocycles. The largest absolute Gasteiger partial charge is 0.310 e. The second-order valence-electron chi connectivity index (χ2n) is 17.3. The first kappa shape index (κ1) is 37.3. The van der Waals surface area contributed by atoms with E-state index >= 15 is 0 Å². The molecule has 2 heteroatoms. The summed E-state index contributed by atoms with van der Waals surface area (Å²) in [6.45, 7) is 4.78. The lowest BCUT2D eigenvalue weighted by Crippen LogP contribution is -2.16. The van der Waals surface area contributed by atoms with E-state index in [9.17, 15) is 0 Å². The first-order valence-electron chi connectivity index (χ1n) is 21.8. The van der Waals surface area contributed by atoms with Gasteiger partial charge >= 0.3 is 0 Å². The molecule has 0 N–H and O–H groups in total. The van der Waals surface area contributed by atoms with E-state index in [2.05, 4.69) is 243 Å². The van der Waals surface area contributed by atoms with Gasteiger partial charge in [0.25, 0.3) is 0 Å². The third-order valence-corrected chi connectivity index (χ3v) is 14.4. The third-order valence-electron chi connectivity index (χ3n) is 13.3. The molecular formula is C61H43NS. The van der Waals surface area contributed by atoms with Gasteiger partial charge in [0.1, 0.15) is 0 Å². The number of fused-ring (bicyclic) bond motifs is 7. The molecule has 10 aromatic carbocycles. The third kappa shape index (κ3) is 6.21. The zero-order valence-electron chi connectivity index (χ0n) is 35.2. The smallest absolute Gasteiger partial charge is 0.0554 e. The Labute approximate surface area is 372 Å². The highest BCUT2D eigenvalue weighted by atomic mass is 32.1. The van der Waals surface area contributed by atoms with Gasteiger partial charge in [-0.1, -0.05) is 190 Å². The lowest BCUT2D eigenvalue weighted by atomic mass is 9.81. The van der Waals surface area contributed by atoms with Crippen LogP contribution in [0.3, 0.4) is 0 Å². The summed E-state index contributed by atoms with van der Waals surface area (Å²) in [6, 6.07) is 82.8. The van der Waals surface area contributed by atoms with Crippen LogP contribution in [-0.4, -0.2) is 0 Å². The van der Waals surface area contributed by atoms with Crippen molar-refractivity contribution in [1.29, 1.82) is 0 Å². The predicted molar refractivity (Wildman–Crippen MR) is 271 cm³/mol. The number of benzene rings is 10. The Bertz CT molecular complexity index is 3520. The maximum absolute atomic E-state index is 2.49. The molecule has 11 aromatic rings. The van der Waals surface area contributed by atoms with Gasteiger partial charge in [-0.3, -0.25) is 0 Å². The zero-order valence-corrected chi connectivity index (χ0v) is 36.0. The van der Waals surface area contributed by atoms with Gasteiger partial charge in [0.05, 0.1) is 5.69 Å². The van der Waals surface area contributed by atoms with Crippen LogP contribution >= 0.6 is 11.3 Å². The number of thiophene rings is 1. The fraction of sp³-hybridized carbons (Fsp3) is 0.0492. The minimum Gasteiger partial charge on any atom is -0.310 e. The predicted octanol–water partition coefficient (Wildman–Crippen LogP) is 17.7. The average molecular weight is 822 g/mol. The number of anilines is 3. The summed E-state index contributed by atoms with van der Waals surface area (Å²) < 4.78 is 2.55. The van der Waals surface area contributed by atoms with E-state index in [0.717, 1.165) is 11.4 Å². The van der Waals surface area contributed by atoms with Crippen LogP contribution < -0.4 is 4.90 Å². The van der Waals surface area contributed by atoms with Gasteiger partial charge in [0.15, 0.2) is 0 Å². The van der Waals surface area contributed by atoms with Crippen LogP contribution in [0.2, 0.25) is 0 Å². The second kappa shape index (κ2) is 14.8. The van der Waals surface area contributed by atoms with Crippen molar-refractivity contribution in [2.24, 2.45) is 0 Å². The Morgan fingerprint density at radius 1 is 0.365 bits per heavy atom. The molecular weight excluding hydrogens is 779 g/mol. The fourth-order valence-corrected chi connectivity index (χ4v) is 11.3. The Balaban J connectivity index is 1.03. The van der Waals surface area contributed by atoms with Crippen molar-refractivity contribution in [1.82, 2.24) is 0 Å². The molecule has 63 heavy (non-hydrogen) atoms. The van der Waals surface area contributed by atoms with Crippen molar-refractivity contribution in [3.63, 3.8) is 0 Å². The zero-order chi connectivity index (χ0) is 42.1. The molecule has 0 aliphatic heterocycles. The molecule has 0 amide bonds. The average Bonchev–Trinajstić information content (AvgIpc) is 3.83. The molecule has 0 bridgehead atoms. The Hall–Kier alpha value is -7.52. The summed E-state index contributed by atoms with van der Waals surface area (Å²) >= 11 is 1.88. The van der Waals surface area contributed by atoms with E-state index in [1.54, 1.807) is 0 Å². The van der Waals surface area contributed by atoms with E-state index < -0.39 is 0 Å². The van der Waals surface area contributed by atoms with Gasteiger partial charge in [-0.25, -0.2) is 0 Å². The van der Waals surface area contributed by atoms with Gasteiger partial charge in [-0.2, -0.15) is 0 Å². The van der Waals surface area contributed by atoms with Gasteiger partial charge in [0.2, 0.25) is 0 Å². The second-order valence-corrected chi connectivity index (χ2v) is 18.4. The normalized spacial score (nSPS) is 12.7. The lowest BCUT2D eigenvalue weighted by Gasteiger charge is -2.29. The van der Waals surface area contributed by atoms with E-state index in [0.29, 0.717) is 0 Å². The monoisotopic (exact) mass is 821 g/mol. The van der Waals surface area contributed by atoms with E-state index in [1.807, 2.05) is 11.3 Å².